The molecule has 1 aliphatic rings. The second-order valence-electron chi connectivity index (χ2n) is 5.79. The van der Waals surface area contributed by atoms with Gasteiger partial charge in [0.15, 0.2) is 0 Å². The highest BCUT2D eigenvalue weighted by Gasteiger charge is 2.32. The van der Waals surface area contributed by atoms with Gasteiger partial charge in [-0.25, -0.2) is 8.42 Å². The molecular formula is C15H27N3O2S. The van der Waals surface area contributed by atoms with Gasteiger partial charge < -0.3 is 9.88 Å². The highest BCUT2D eigenvalue weighted by molar-refractivity contribution is 7.89. The van der Waals surface area contributed by atoms with Crippen LogP contribution in [-0.2, 0) is 23.1 Å². The van der Waals surface area contributed by atoms with E-state index in [-0.39, 0.29) is 0 Å². The van der Waals surface area contributed by atoms with Crippen LogP contribution in [0.15, 0.2) is 17.2 Å². The van der Waals surface area contributed by atoms with Gasteiger partial charge in [0.2, 0.25) is 10.0 Å². The third-order valence-electron chi connectivity index (χ3n) is 4.24. The predicted molar refractivity (Wildman–Crippen MR) is 84.6 cm³/mol. The number of sulfonamides is 1. The summed E-state index contributed by atoms with van der Waals surface area (Å²) in [5.41, 5.74) is 1.02. The van der Waals surface area contributed by atoms with Crippen molar-refractivity contribution in [2.75, 3.05) is 20.1 Å². The summed E-state index contributed by atoms with van der Waals surface area (Å²) in [6.07, 6.45) is 5.00. The molecule has 1 aliphatic heterocycles. The van der Waals surface area contributed by atoms with E-state index < -0.39 is 10.0 Å². The second kappa shape index (κ2) is 6.94. The minimum Gasteiger partial charge on any atom is -0.349 e. The molecule has 5 nitrogen and oxygen atoms in total. The molecule has 1 N–H and O–H groups in total. The fraction of sp³-hybridized carbons (Fsp3) is 0.733. The van der Waals surface area contributed by atoms with E-state index in [0.717, 1.165) is 31.5 Å². The zero-order valence-corrected chi connectivity index (χ0v) is 14.1. The van der Waals surface area contributed by atoms with Gasteiger partial charge >= 0.3 is 0 Å². The molecule has 120 valence electrons. The molecule has 0 bridgehead atoms. The summed E-state index contributed by atoms with van der Waals surface area (Å²) in [6.45, 7) is 6.98. The number of aryl methyl sites for hydroxylation is 1. The Morgan fingerprint density at radius 1 is 1.38 bits per heavy atom. The molecule has 2 heterocycles. The third-order valence-corrected chi connectivity index (χ3v) is 6.07. The largest absolute Gasteiger partial charge is 0.349 e. The van der Waals surface area contributed by atoms with Gasteiger partial charge in [0, 0.05) is 38.1 Å². The summed E-state index contributed by atoms with van der Waals surface area (Å²) in [5.74, 6) is 0.523. The maximum Gasteiger partial charge on any atom is 0.244 e. The average molecular weight is 313 g/mol. The number of hydrogen-bond acceptors (Lipinski definition) is 3. The van der Waals surface area contributed by atoms with Crippen molar-refractivity contribution in [2.24, 2.45) is 5.92 Å². The standard InChI is InChI=1S/C15H27N3O2S/c1-4-6-13-7-8-18(11-13)21(19,20)15-9-14(10-16-3)17(5-2)12-15/h9,12-13,16H,4-8,10-11H2,1-3H3. The Kier molecular flexibility index (Phi) is 5.46. The Hall–Kier alpha value is -0.850. The first-order chi connectivity index (χ1) is 10.0. The second-order valence-corrected chi connectivity index (χ2v) is 7.73. The van der Waals surface area contributed by atoms with E-state index in [9.17, 15) is 8.42 Å². The molecule has 1 unspecified atom stereocenters. The Bertz CT molecular complexity index is 565. The molecule has 0 saturated carbocycles. The van der Waals surface area contributed by atoms with Crippen molar-refractivity contribution in [3.63, 3.8) is 0 Å². The number of nitrogens with one attached hydrogen (secondary N) is 1. The molecule has 0 aliphatic carbocycles. The smallest absolute Gasteiger partial charge is 0.244 e. The Morgan fingerprint density at radius 2 is 2.14 bits per heavy atom. The molecule has 1 fully saturated rings. The zero-order chi connectivity index (χ0) is 15.5. The molecule has 1 aromatic rings. The first kappa shape index (κ1) is 16.5. The minimum absolute atomic E-state index is 0.437. The molecule has 1 atom stereocenters. The van der Waals surface area contributed by atoms with E-state index >= 15 is 0 Å². The number of aromatic nitrogens is 1. The topological polar surface area (TPSA) is 54.3 Å². The quantitative estimate of drug-likeness (QED) is 0.838. The van der Waals surface area contributed by atoms with Crippen molar-refractivity contribution in [1.29, 1.82) is 0 Å². The van der Waals surface area contributed by atoms with E-state index in [4.69, 9.17) is 0 Å². The van der Waals surface area contributed by atoms with Crippen molar-refractivity contribution in [1.82, 2.24) is 14.2 Å². The average Bonchev–Trinajstić information content (AvgIpc) is 3.07. The monoisotopic (exact) mass is 313 g/mol. The minimum atomic E-state index is -3.34. The normalized spacial score (nSPS) is 20.2. The van der Waals surface area contributed by atoms with Gasteiger partial charge in [-0.3, -0.25) is 0 Å². The molecule has 6 heteroatoms. The van der Waals surface area contributed by atoms with E-state index in [0.29, 0.717) is 30.4 Å². The van der Waals surface area contributed by atoms with Crippen LogP contribution in [-0.4, -0.2) is 37.4 Å². The Morgan fingerprint density at radius 3 is 2.76 bits per heavy atom. The van der Waals surface area contributed by atoms with Gasteiger partial charge in [0.1, 0.15) is 4.90 Å². The van der Waals surface area contributed by atoms with E-state index in [1.165, 1.54) is 0 Å². The summed E-state index contributed by atoms with van der Waals surface area (Å²) in [7, 11) is -1.46. The maximum absolute atomic E-state index is 12.8. The molecular weight excluding hydrogens is 286 g/mol. The molecule has 2 rings (SSSR count). The fourth-order valence-corrected chi connectivity index (χ4v) is 4.69. The lowest BCUT2D eigenvalue weighted by Gasteiger charge is -2.15. The van der Waals surface area contributed by atoms with Crippen molar-refractivity contribution in [3.8, 4) is 0 Å². The first-order valence-corrected chi connectivity index (χ1v) is 9.30. The van der Waals surface area contributed by atoms with Crippen molar-refractivity contribution >= 4 is 10.0 Å². The van der Waals surface area contributed by atoms with Crippen LogP contribution in [0, 0.1) is 5.92 Å². The van der Waals surface area contributed by atoms with Crippen LogP contribution in [0.2, 0.25) is 0 Å². The molecule has 21 heavy (non-hydrogen) atoms. The summed E-state index contributed by atoms with van der Waals surface area (Å²) in [5, 5.41) is 3.09. The lowest BCUT2D eigenvalue weighted by molar-refractivity contribution is 0.444. The summed E-state index contributed by atoms with van der Waals surface area (Å²) < 4.78 is 29.2. The molecule has 0 aromatic carbocycles. The van der Waals surface area contributed by atoms with Crippen molar-refractivity contribution in [2.45, 2.75) is 51.1 Å². The van der Waals surface area contributed by atoms with E-state index in [1.54, 1.807) is 10.5 Å². The third kappa shape index (κ3) is 3.49. The fourth-order valence-electron chi connectivity index (χ4n) is 3.10. The highest BCUT2D eigenvalue weighted by Crippen LogP contribution is 2.27. The number of rotatable bonds is 7. The van der Waals surface area contributed by atoms with Gasteiger partial charge in [0.25, 0.3) is 0 Å². The molecule has 0 spiro atoms. The Balaban J connectivity index is 2.20. The predicted octanol–water partition coefficient (Wildman–Crippen LogP) is 2.04. The van der Waals surface area contributed by atoms with Crippen LogP contribution in [0.1, 0.15) is 38.8 Å². The van der Waals surface area contributed by atoms with Crippen LogP contribution in [0.3, 0.4) is 0 Å². The van der Waals surface area contributed by atoms with E-state index in [1.807, 2.05) is 24.6 Å². The molecule has 0 amide bonds. The lowest BCUT2D eigenvalue weighted by atomic mass is 10.0. The lowest BCUT2D eigenvalue weighted by Crippen LogP contribution is -2.28. The summed E-state index contributed by atoms with van der Waals surface area (Å²) >= 11 is 0. The Labute approximate surface area is 128 Å². The van der Waals surface area contributed by atoms with Gasteiger partial charge in [0.05, 0.1) is 0 Å². The zero-order valence-electron chi connectivity index (χ0n) is 13.3. The number of hydrogen-bond donors (Lipinski definition) is 1. The van der Waals surface area contributed by atoms with Crippen molar-refractivity contribution < 1.29 is 8.42 Å². The summed E-state index contributed by atoms with van der Waals surface area (Å²) in [4.78, 5) is 0.437. The van der Waals surface area contributed by atoms with Crippen LogP contribution in [0.5, 0.6) is 0 Å². The number of nitrogens with zero attached hydrogens (tertiary/aromatic N) is 2. The maximum atomic E-state index is 12.8. The van der Waals surface area contributed by atoms with Crippen LogP contribution in [0.4, 0.5) is 0 Å². The highest BCUT2D eigenvalue weighted by atomic mass is 32.2. The van der Waals surface area contributed by atoms with Gasteiger partial charge in [-0.15, -0.1) is 0 Å². The van der Waals surface area contributed by atoms with Crippen LogP contribution < -0.4 is 5.32 Å². The van der Waals surface area contributed by atoms with E-state index in [2.05, 4.69) is 12.2 Å². The SMILES string of the molecule is CCCC1CCN(S(=O)(=O)c2cc(CNC)n(CC)c2)C1. The summed E-state index contributed by atoms with van der Waals surface area (Å²) in [6, 6.07) is 1.81. The molecule has 1 saturated heterocycles. The van der Waals surface area contributed by atoms with Gasteiger partial charge in [-0.1, -0.05) is 13.3 Å². The van der Waals surface area contributed by atoms with Crippen LogP contribution >= 0.6 is 0 Å². The molecule has 0 radical (unpaired) electrons. The molecule has 1 aromatic heterocycles. The van der Waals surface area contributed by atoms with Crippen LogP contribution in [0.25, 0.3) is 0 Å². The van der Waals surface area contributed by atoms with Gasteiger partial charge in [-0.2, -0.15) is 4.31 Å². The van der Waals surface area contributed by atoms with Crippen molar-refractivity contribution in [3.05, 3.63) is 18.0 Å². The first-order valence-electron chi connectivity index (χ1n) is 7.86. The van der Waals surface area contributed by atoms with Gasteiger partial charge in [-0.05, 0) is 38.8 Å².